The summed E-state index contributed by atoms with van der Waals surface area (Å²) in [4.78, 5) is 36.2. The van der Waals surface area contributed by atoms with Crippen LogP contribution in [0.5, 0.6) is 0 Å². The summed E-state index contributed by atoms with van der Waals surface area (Å²) in [6.07, 6.45) is 6.88. The second-order valence-electron chi connectivity index (χ2n) is 5.47. The smallest absolute Gasteiger partial charge is 0.355 e. The number of ketones is 1. The average molecular weight is 319 g/mol. The number of carbonyl (C=O) groups excluding carboxylic acids is 3. The second-order valence-corrected chi connectivity index (χ2v) is 5.47. The molecular formula is C17H21NO5. The maximum atomic E-state index is 12.3. The fraction of sp³-hybridized carbons (Fsp3) is 0.471. The van der Waals surface area contributed by atoms with Crippen LogP contribution in [0, 0.1) is 0 Å². The molecule has 0 saturated heterocycles. The van der Waals surface area contributed by atoms with Crippen LogP contribution in [0.2, 0.25) is 0 Å². The molecule has 1 aliphatic rings. The van der Waals surface area contributed by atoms with Gasteiger partial charge in [-0.15, -0.1) is 0 Å². The molecule has 0 unspecified atom stereocenters. The Kier molecular flexibility index (Phi) is 5.36. The molecule has 6 nitrogen and oxygen atoms in total. The van der Waals surface area contributed by atoms with Gasteiger partial charge in [-0.05, 0) is 43.7 Å². The second kappa shape index (κ2) is 7.26. The summed E-state index contributed by atoms with van der Waals surface area (Å²) < 4.78 is 11.2. The Balaban J connectivity index is 2.74. The van der Waals surface area contributed by atoms with E-state index < -0.39 is 11.9 Å². The van der Waals surface area contributed by atoms with Crippen molar-refractivity contribution in [1.29, 1.82) is 0 Å². The van der Waals surface area contributed by atoms with Gasteiger partial charge >= 0.3 is 11.9 Å². The van der Waals surface area contributed by atoms with Gasteiger partial charge in [0.2, 0.25) is 0 Å². The number of Topliss-reactive ketones (excluding diaryl/α,β-unsaturated/α-hetero) is 1. The molecule has 23 heavy (non-hydrogen) atoms. The first-order valence-corrected chi connectivity index (χ1v) is 7.56. The summed E-state index contributed by atoms with van der Waals surface area (Å²) in [5.41, 5.74) is 2.13. The highest BCUT2D eigenvalue weighted by Gasteiger charge is 2.31. The van der Waals surface area contributed by atoms with Crippen molar-refractivity contribution in [3.63, 3.8) is 0 Å². The van der Waals surface area contributed by atoms with Crippen LogP contribution in [0.25, 0.3) is 0 Å². The number of ether oxygens (including phenoxy) is 2. The van der Waals surface area contributed by atoms with E-state index in [0.29, 0.717) is 12.8 Å². The standard InChI is InChI=1S/C17H21NO5/c1-11(19)10-18-14(16(20)22-2)12-8-6-4-5-7-9-13(12)15(18)17(21)23-3/h4-5H,6-10H2,1-3H3/b5-4+. The molecule has 124 valence electrons. The molecule has 1 aliphatic carbocycles. The highest BCUT2D eigenvalue weighted by molar-refractivity contribution is 5.97. The third-order valence-electron chi connectivity index (χ3n) is 3.90. The van der Waals surface area contributed by atoms with Crippen molar-refractivity contribution in [2.45, 2.75) is 39.2 Å². The van der Waals surface area contributed by atoms with Crippen LogP contribution in [0.15, 0.2) is 12.2 Å². The zero-order valence-corrected chi connectivity index (χ0v) is 13.7. The van der Waals surface area contributed by atoms with E-state index in [0.717, 1.165) is 24.0 Å². The van der Waals surface area contributed by atoms with Crippen molar-refractivity contribution in [2.24, 2.45) is 0 Å². The maximum Gasteiger partial charge on any atom is 0.355 e. The summed E-state index contributed by atoms with van der Waals surface area (Å²) in [6, 6.07) is 0. The molecule has 1 heterocycles. The van der Waals surface area contributed by atoms with Crippen molar-refractivity contribution >= 4 is 17.7 Å². The molecule has 0 bridgehead atoms. The molecule has 1 aromatic heterocycles. The predicted molar refractivity (Wildman–Crippen MR) is 83.6 cm³/mol. The Morgan fingerprint density at radius 3 is 1.74 bits per heavy atom. The van der Waals surface area contributed by atoms with Gasteiger partial charge in [0.15, 0.2) is 0 Å². The number of esters is 2. The highest BCUT2D eigenvalue weighted by atomic mass is 16.5. The zero-order valence-electron chi connectivity index (χ0n) is 13.7. The van der Waals surface area contributed by atoms with Gasteiger partial charge in [-0.1, -0.05) is 12.2 Å². The van der Waals surface area contributed by atoms with E-state index in [4.69, 9.17) is 9.47 Å². The van der Waals surface area contributed by atoms with Crippen molar-refractivity contribution in [3.8, 4) is 0 Å². The lowest BCUT2D eigenvalue weighted by molar-refractivity contribution is -0.117. The normalized spacial score (nSPS) is 15.1. The molecule has 0 N–H and O–H groups in total. The van der Waals surface area contributed by atoms with Gasteiger partial charge in [0.25, 0.3) is 0 Å². The lowest BCUT2D eigenvalue weighted by atomic mass is 9.97. The average Bonchev–Trinajstić information content (AvgIpc) is 2.77. The van der Waals surface area contributed by atoms with Gasteiger partial charge in [-0.2, -0.15) is 0 Å². The molecule has 0 saturated carbocycles. The number of nitrogens with zero attached hydrogens (tertiary/aromatic N) is 1. The summed E-state index contributed by atoms with van der Waals surface area (Å²) in [5.74, 6) is -1.23. The Bertz CT molecular complexity index is 622. The lowest BCUT2D eigenvalue weighted by Gasteiger charge is -2.10. The van der Waals surface area contributed by atoms with Gasteiger partial charge in [0.05, 0.1) is 20.8 Å². The minimum atomic E-state index is -0.540. The largest absolute Gasteiger partial charge is 0.464 e. The van der Waals surface area contributed by atoms with E-state index >= 15 is 0 Å². The van der Waals surface area contributed by atoms with Crippen molar-refractivity contribution in [2.75, 3.05) is 14.2 Å². The topological polar surface area (TPSA) is 74.6 Å². The fourth-order valence-electron chi connectivity index (χ4n) is 2.99. The van der Waals surface area contributed by atoms with Crippen LogP contribution in [0.4, 0.5) is 0 Å². The molecule has 0 aromatic carbocycles. The Hall–Kier alpha value is -2.37. The number of allylic oxidation sites excluding steroid dienone is 2. The van der Waals surface area contributed by atoms with E-state index in [1.54, 1.807) is 0 Å². The molecule has 0 spiro atoms. The minimum Gasteiger partial charge on any atom is -0.464 e. The Labute approximate surface area is 135 Å². The number of methoxy groups -OCH3 is 2. The van der Waals surface area contributed by atoms with E-state index in [9.17, 15) is 14.4 Å². The van der Waals surface area contributed by atoms with Gasteiger partial charge in [-0.25, -0.2) is 9.59 Å². The Morgan fingerprint density at radius 1 is 0.957 bits per heavy atom. The van der Waals surface area contributed by atoms with Crippen LogP contribution in [0.3, 0.4) is 0 Å². The molecule has 0 fully saturated rings. The number of aromatic nitrogens is 1. The number of hydrogen-bond acceptors (Lipinski definition) is 5. The van der Waals surface area contributed by atoms with E-state index in [1.807, 2.05) is 0 Å². The van der Waals surface area contributed by atoms with Crippen molar-refractivity contribution in [3.05, 3.63) is 34.7 Å². The molecule has 0 aliphatic heterocycles. The molecule has 0 radical (unpaired) electrons. The lowest BCUT2D eigenvalue weighted by Crippen LogP contribution is -2.20. The quantitative estimate of drug-likeness (QED) is 0.627. The maximum absolute atomic E-state index is 12.3. The number of rotatable bonds is 4. The number of carbonyl (C=O) groups is 3. The first-order valence-electron chi connectivity index (χ1n) is 7.56. The van der Waals surface area contributed by atoms with Crippen LogP contribution in [0.1, 0.15) is 51.9 Å². The van der Waals surface area contributed by atoms with Gasteiger partial charge in [0.1, 0.15) is 17.2 Å². The zero-order chi connectivity index (χ0) is 17.0. The van der Waals surface area contributed by atoms with Gasteiger partial charge < -0.3 is 14.0 Å². The van der Waals surface area contributed by atoms with Crippen molar-refractivity contribution < 1.29 is 23.9 Å². The first-order chi connectivity index (χ1) is 11.0. The highest BCUT2D eigenvalue weighted by Crippen LogP contribution is 2.29. The summed E-state index contributed by atoms with van der Waals surface area (Å²) in [5, 5.41) is 0. The molecule has 6 heteroatoms. The third kappa shape index (κ3) is 3.36. The summed E-state index contributed by atoms with van der Waals surface area (Å²) >= 11 is 0. The molecule has 0 amide bonds. The molecule has 1 aromatic rings. The van der Waals surface area contributed by atoms with E-state index in [2.05, 4.69) is 12.2 Å². The number of fused-ring (bicyclic) bond motifs is 1. The SMILES string of the molecule is COC(=O)c1c2c(c(C(=O)OC)n1CC(C)=O)CC/C=C/CC2. The molecule has 2 rings (SSSR count). The summed E-state index contributed by atoms with van der Waals surface area (Å²) in [7, 11) is 2.58. The molecular weight excluding hydrogens is 298 g/mol. The number of hydrogen-bond donors (Lipinski definition) is 0. The van der Waals surface area contributed by atoms with E-state index in [1.165, 1.54) is 25.7 Å². The van der Waals surface area contributed by atoms with Gasteiger partial charge in [-0.3, -0.25) is 4.79 Å². The first kappa shape index (κ1) is 17.0. The predicted octanol–water partition coefficient (Wildman–Crippen LogP) is 2.09. The minimum absolute atomic E-state index is 0.0602. The molecule has 0 atom stereocenters. The van der Waals surface area contributed by atoms with Crippen LogP contribution < -0.4 is 0 Å². The van der Waals surface area contributed by atoms with Gasteiger partial charge in [0, 0.05) is 0 Å². The van der Waals surface area contributed by atoms with E-state index in [-0.39, 0.29) is 23.7 Å². The monoisotopic (exact) mass is 319 g/mol. The summed E-state index contributed by atoms with van der Waals surface area (Å²) in [6.45, 7) is 1.36. The van der Waals surface area contributed by atoms with Crippen LogP contribution in [-0.2, 0) is 33.7 Å². The van der Waals surface area contributed by atoms with Crippen LogP contribution in [-0.4, -0.2) is 36.5 Å². The third-order valence-corrected chi connectivity index (χ3v) is 3.90. The van der Waals surface area contributed by atoms with Crippen molar-refractivity contribution in [1.82, 2.24) is 4.57 Å². The Morgan fingerprint density at radius 2 is 1.39 bits per heavy atom. The van der Waals surface area contributed by atoms with Crippen LogP contribution >= 0.6 is 0 Å². The fourth-order valence-corrected chi connectivity index (χ4v) is 2.99.